The van der Waals surface area contributed by atoms with Gasteiger partial charge in [-0.2, -0.15) is 0 Å². The number of hydrogen-bond donors (Lipinski definition) is 0. The first kappa shape index (κ1) is 14.3. The Hall–Kier alpha value is -1.07. The van der Waals surface area contributed by atoms with E-state index in [0.717, 1.165) is 0 Å². The Labute approximate surface area is 125 Å². The maximum absolute atomic E-state index is 13.6. The first-order valence-corrected chi connectivity index (χ1v) is 6.98. The van der Waals surface area contributed by atoms with Crippen molar-refractivity contribution in [3.05, 3.63) is 68.1 Å². The number of carbonyl (C=O) groups excluding carboxylic acids is 1. The smallest absolute Gasteiger partial charge is 0.168 e. The minimum absolute atomic E-state index is 0.0661. The van der Waals surface area contributed by atoms with Gasteiger partial charge in [0.15, 0.2) is 5.78 Å². The second-order valence-electron chi connectivity index (χ2n) is 3.96. The summed E-state index contributed by atoms with van der Waals surface area (Å²) >= 11 is 6.28. The van der Waals surface area contributed by atoms with E-state index in [1.807, 2.05) is 0 Å². The molecular weight excluding hydrogens is 382 g/mol. The lowest BCUT2D eigenvalue weighted by molar-refractivity contribution is 0.0991. The van der Waals surface area contributed by atoms with Crippen LogP contribution in [-0.4, -0.2) is 5.78 Å². The standard InChI is InChI=1S/C14H8Br2F2O/c15-9-2-1-8(13(18)6-9)5-14(19)11-4-3-10(17)7-12(11)16/h1-4,6-7H,5H2. The molecule has 2 aromatic rings. The summed E-state index contributed by atoms with van der Waals surface area (Å²) in [5.74, 6) is -1.15. The van der Waals surface area contributed by atoms with Gasteiger partial charge in [-0.05, 0) is 51.8 Å². The third kappa shape index (κ3) is 3.48. The van der Waals surface area contributed by atoms with Gasteiger partial charge in [-0.15, -0.1) is 0 Å². The number of carbonyl (C=O) groups is 1. The molecule has 1 nitrogen and oxygen atoms in total. The van der Waals surface area contributed by atoms with E-state index < -0.39 is 11.6 Å². The highest BCUT2D eigenvalue weighted by Gasteiger charge is 2.14. The van der Waals surface area contributed by atoms with E-state index in [2.05, 4.69) is 31.9 Å². The minimum atomic E-state index is -0.444. The van der Waals surface area contributed by atoms with Crippen molar-refractivity contribution in [1.29, 1.82) is 0 Å². The lowest BCUT2D eigenvalue weighted by Crippen LogP contribution is -2.06. The number of halogens is 4. The first-order chi connectivity index (χ1) is 8.97. The van der Waals surface area contributed by atoms with Gasteiger partial charge in [0.2, 0.25) is 0 Å². The third-order valence-electron chi connectivity index (χ3n) is 2.60. The van der Waals surface area contributed by atoms with Crippen LogP contribution >= 0.6 is 31.9 Å². The lowest BCUT2D eigenvalue weighted by Gasteiger charge is -2.05. The van der Waals surface area contributed by atoms with Gasteiger partial charge in [0.25, 0.3) is 0 Å². The molecule has 2 rings (SSSR count). The van der Waals surface area contributed by atoms with Gasteiger partial charge in [0.1, 0.15) is 11.6 Å². The summed E-state index contributed by atoms with van der Waals surface area (Å²) in [5, 5.41) is 0. The topological polar surface area (TPSA) is 17.1 Å². The monoisotopic (exact) mass is 388 g/mol. The molecule has 0 unspecified atom stereocenters. The summed E-state index contributed by atoms with van der Waals surface area (Å²) in [6.45, 7) is 0. The van der Waals surface area contributed by atoms with Crippen LogP contribution in [0, 0.1) is 11.6 Å². The predicted octanol–water partition coefficient (Wildman–Crippen LogP) is 4.92. The van der Waals surface area contributed by atoms with Crippen molar-refractivity contribution in [1.82, 2.24) is 0 Å². The summed E-state index contributed by atoms with van der Waals surface area (Å²) in [5.41, 5.74) is 0.646. The zero-order valence-corrected chi connectivity index (χ0v) is 12.8. The molecule has 0 saturated carbocycles. The lowest BCUT2D eigenvalue weighted by atomic mass is 10.0. The summed E-state index contributed by atoms with van der Waals surface area (Å²) in [6, 6.07) is 8.34. The van der Waals surface area contributed by atoms with Crippen LogP contribution in [0.4, 0.5) is 8.78 Å². The summed E-state index contributed by atoms with van der Waals surface area (Å²) in [7, 11) is 0. The number of benzene rings is 2. The molecule has 5 heteroatoms. The van der Waals surface area contributed by atoms with E-state index in [0.29, 0.717) is 20.1 Å². The highest BCUT2D eigenvalue weighted by atomic mass is 79.9. The average molecular weight is 390 g/mol. The second kappa shape index (κ2) is 5.92. The third-order valence-corrected chi connectivity index (χ3v) is 3.75. The molecule has 0 radical (unpaired) electrons. The van der Waals surface area contributed by atoms with Gasteiger partial charge in [-0.25, -0.2) is 8.78 Å². The molecule has 19 heavy (non-hydrogen) atoms. The van der Waals surface area contributed by atoms with E-state index in [9.17, 15) is 13.6 Å². The van der Waals surface area contributed by atoms with Crippen molar-refractivity contribution in [2.45, 2.75) is 6.42 Å². The van der Waals surface area contributed by atoms with Gasteiger partial charge in [-0.3, -0.25) is 4.79 Å². The van der Waals surface area contributed by atoms with Crippen molar-refractivity contribution in [3.63, 3.8) is 0 Å². The predicted molar refractivity (Wildman–Crippen MR) is 76.2 cm³/mol. The highest BCUT2D eigenvalue weighted by molar-refractivity contribution is 9.10. The number of rotatable bonds is 3. The average Bonchev–Trinajstić information content (AvgIpc) is 2.32. The van der Waals surface area contributed by atoms with Gasteiger partial charge >= 0.3 is 0 Å². The van der Waals surface area contributed by atoms with Gasteiger partial charge in [0.05, 0.1) is 0 Å². The maximum atomic E-state index is 13.6. The van der Waals surface area contributed by atoms with Gasteiger partial charge < -0.3 is 0 Å². The van der Waals surface area contributed by atoms with Crippen LogP contribution < -0.4 is 0 Å². The molecule has 0 bridgehead atoms. The van der Waals surface area contributed by atoms with Crippen molar-refractivity contribution in [2.24, 2.45) is 0 Å². The highest BCUT2D eigenvalue weighted by Crippen LogP contribution is 2.22. The molecule has 0 fully saturated rings. The van der Waals surface area contributed by atoms with E-state index >= 15 is 0 Å². The minimum Gasteiger partial charge on any atom is -0.294 e. The van der Waals surface area contributed by atoms with Crippen molar-refractivity contribution in [2.75, 3.05) is 0 Å². The molecule has 0 heterocycles. The molecule has 2 aromatic carbocycles. The molecule has 0 aliphatic heterocycles. The normalized spacial score (nSPS) is 10.5. The van der Waals surface area contributed by atoms with Crippen LogP contribution in [0.3, 0.4) is 0 Å². The molecule has 98 valence electrons. The SMILES string of the molecule is O=C(Cc1ccc(Br)cc1F)c1ccc(F)cc1Br. The molecule has 0 aromatic heterocycles. The molecule has 0 saturated heterocycles. The fraction of sp³-hybridized carbons (Fsp3) is 0.0714. The Morgan fingerprint density at radius 1 is 1.05 bits per heavy atom. The number of hydrogen-bond acceptors (Lipinski definition) is 1. The van der Waals surface area contributed by atoms with Gasteiger partial charge in [-0.1, -0.05) is 22.0 Å². The molecule has 0 amide bonds. The van der Waals surface area contributed by atoms with Crippen molar-refractivity contribution >= 4 is 37.6 Å². The Morgan fingerprint density at radius 3 is 2.42 bits per heavy atom. The summed E-state index contributed by atoms with van der Waals surface area (Å²) < 4.78 is 27.6. The van der Waals surface area contributed by atoms with Crippen LogP contribution in [0.1, 0.15) is 15.9 Å². The fourth-order valence-corrected chi connectivity index (χ4v) is 2.55. The van der Waals surface area contributed by atoms with E-state index in [4.69, 9.17) is 0 Å². The molecule has 0 spiro atoms. The first-order valence-electron chi connectivity index (χ1n) is 5.39. The summed E-state index contributed by atoms with van der Waals surface area (Å²) in [4.78, 5) is 12.1. The maximum Gasteiger partial charge on any atom is 0.168 e. The Bertz CT molecular complexity index is 641. The van der Waals surface area contributed by atoms with Crippen LogP contribution in [0.2, 0.25) is 0 Å². The molecule has 0 N–H and O–H groups in total. The van der Waals surface area contributed by atoms with Crippen LogP contribution in [0.25, 0.3) is 0 Å². The van der Waals surface area contributed by atoms with E-state index in [-0.39, 0.29) is 12.2 Å². The summed E-state index contributed by atoms with van der Waals surface area (Å²) in [6.07, 6.45) is -0.0661. The molecule has 0 aliphatic carbocycles. The molecule has 0 aliphatic rings. The van der Waals surface area contributed by atoms with E-state index in [1.54, 1.807) is 12.1 Å². The van der Waals surface area contributed by atoms with Crippen LogP contribution in [-0.2, 0) is 6.42 Å². The number of Topliss-reactive ketones (excluding diaryl/α,β-unsaturated/α-hetero) is 1. The van der Waals surface area contributed by atoms with E-state index in [1.165, 1.54) is 24.3 Å². The fourth-order valence-electron chi connectivity index (χ4n) is 1.65. The van der Waals surface area contributed by atoms with Gasteiger partial charge in [0, 0.05) is 20.9 Å². The van der Waals surface area contributed by atoms with Crippen LogP contribution in [0.15, 0.2) is 45.3 Å². The van der Waals surface area contributed by atoms with Crippen LogP contribution in [0.5, 0.6) is 0 Å². The Morgan fingerprint density at radius 2 is 1.79 bits per heavy atom. The largest absolute Gasteiger partial charge is 0.294 e. The molecule has 0 atom stereocenters. The Kier molecular flexibility index (Phi) is 4.47. The second-order valence-corrected chi connectivity index (χ2v) is 5.73. The number of ketones is 1. The zero-order valence-electron chi connectivity index (χ0n) is 9.59. The zero-order chi connectivity index (χ0) is 14.0. The quantitative estimate of drug-likeness (QED) is 0.681. The van der Waals surface area contributed by atoms with Crippen molar-refractivity contribution < 1.29 is 13.6 Å². The van der Waals surface area contributed by atoms with Crippen molar-refractivity contribution in [3.8, 4) is 0 Å². The Balaban J connectivity index is 2.25. The molecular formula is C14H8Br2F2O.